The van der Waals surface area contributed by atoms with Crippen molar-refractivity contribution in [3.8, 4) is 11.5 Å². The summed E-state index contributed by atoms with van der Waals surface area (Å²) in [6, 6.07) is 11.2. The van der Waals surface area contributed by atoms with Gasteiger partial charge in [-0.15, -0.1) is 0 Å². The Morgan fingerprint density at radius 3 is 2.20 bits per heavy atom. The molecule has 2 rings (SSSR count). The van der Waals surface area contributed by atoms with Gasteiger partial charge in [-0.3, -0.25) is 0 Å². The lowest BCUT2D eigenvalue weighted by Crippen LogP contribution is -1.97. The van der Waals surface area contributed by atoms with Crippen LogP contribution in [0.1, 0.15) is 16.0 Å². The van der Waals surface area contributed by atoms with E-state index in [1.807, 2.05) is 30.3 Å². The van der Waals surface area contributed by atoms with Crippen molar-refractivity contribution in [1.29, 1.82) is 0 Å². The van der Waals surface area contributed by atoms with Gasteiger partial charge in [0.2, 0.25) is 0 Å². The SMILES string of the molecule is COc1ccc(C(Br)c2cc(Cl)ccc2OC)cc1Cl. The molecular weight excluding hydrogens is 363 g/mol. The van der Waals surface area contributed by atoms with E-state index in [0.717, 1.165) is 16.9 Å². The summed E-state index contributed by atoms with van der Waals surface area (Å²) in [6.45, 7) is 0. The lowest BCUT2D eigenvalue weighted by atomic mass is 10.0. The molecule has 2 aromatic rings. The van der Waals surface area contributed by atoms with Gasteiger partial charge in [-0.1, -0.05) is 45.2 Å². The van der Waals surface area contributed by atoms with Gasteiger partial charge >= 0.3 is 0 Å². The van der Waals surface area contributed by atoms with E-state index < -0.39 is 0 Å². The normalized spacial score (nSPS) is 12.1. The number of rotatable bonds is 4. The van der Waals surface area contributed by atoms with E-state index in [1.165, 1.54) is 0 Å². The fraction of sp³-hybridized carbons (Fsp3) is 0.200. The molecule has 106 valence electrons. The van der Waals surface area contributed by atoms with Gasteiger partial charge < -0.3 is 9.47 Å². The van der Waals surface area contributed by atoms with Crippen LogP contribution in [0.2, 0.25) is 10.0 Å². The third-order valence-electron chi connectivity index (χ3n) is 2.93. The summed E-state index contributed by atoms with van der Waals surface area (Å²) in [6.07, 6.45) is 0. The molecule has 1 unspecified atom stereocenters. The van der Waals surface area contributed by atoms with Gasteiger partial charge in [0.1, 0.15) is 11.5 Å². The van der Waals surface area contributed by atoms with Gasteiger partial charge in [0.15, 0.2) is 0 Å². The number of hydrogen-bond donors (Lipinski definition) is 0. The molecule has 0 heterocycles. The van der Waals surface area contributed by atoms with Gasteiger partial charge in [-0.05, 0) is 35.9 Å². The zero-order valence-corrected chi connectivity index (χ0v) is 14.1. The minimum atomic E-state index is -0.0699. The van der Waals surface area contributed by atoms with Gasteiger partial charge in [-0.2, -0.15) is 0 Å². The molecule has 5 heteroatoms. The minimum Gasteiger partial charge on any atom is -0.496 e. The lowest BCUT2D eigenvalue weighted by Gasteiger charge is -2.16. The third kappa shape index (κ3) is 3.22. The lowest BCUT2D eigenvalue weighted by molar-refractivity contribution is 0.410. The fourth-order valence-corrected chi connectivity index (χ4v) is 3.01. The molecule has 0 fully saturated rings. The standard InChI is InChI=1S/C15H13BrCl2O2/c1-19-13-6-4-10(17)8-11(13)15(16)9-3-5-14(20-2)12(18)7-9/h3-8,15H,1-2H3. The van der Waals surface area contributed by atoms with Crippen molar-refractivity contribution in [2.45, 2.75) is 4.83 Å². The van der Waals surface area contributed by atoms with Crippen LogP contribution in [0, 0.1) is 0 Å². The molecule has 0 aliphatic rings. The van der Waals surface area contributed by atoms with Gasteiger partial charge in [0.25, 0.3) is 0 Å². The molecule has 0 saturated carbocycles. The first kappa shape index (κ1) is 15.5. The average molecular weight is 376 g/mol. The van der Waals surface area contributed by atoms with Crippen LogP contribution in [-0.2, 0) is 0 Å². The summed E-state index contributed by atoms with van der Waals surface area (Å²) in [5.74, 6) is 1.41. The van der Waals surface area contributed by atoms with Crippen molar-refractivity contribution in [3.05, 3.63) is 57.6 Å². The monoisotopic (exact) mass is 374 g/mol. The molecule has 0 aliphatic carbocycles. The summed E-state index contributed by atoms with van der Waals surface area (Å²) < 4.78 is 10.5. The summed E-state index contributed by atoms with van der Waals surface area (Å²) in [7, 11) is 3.22. The van der Waals surface area contributed by atoms with Crippen molar-refractivity contribution in [3.63, 3.8) is 0 Å². The molecule has 0 spiro atoms. The van der Waals surface area contributed by atoms with Crippen LogP contribution < -0.4 is 9.47 Å². The number of alkyl halides is 1. The Hall–Kier alpha value is -0.900. The van der Waals surface area contributed by atoms with E-state index in [2.05, 4.69) is 15.9 Å². The second-order valence-corrected chi connectivity index (χ2v) is 5.90. The Bertz CT molecular complexity index is 617. The third-order valence-corrected chi connectivity index (χ3v) is 4.49. The minimum absolute atomic E-state index is 0.0699. The molecule has 2 nitrogen and oxygen atoms in total. The number of benzene rings is 2. The Kier molecular flexibility index (Phi) is 5.19. The molecule has 0 radical (unpaired) electrons. The molecule has 0 bridgehead atoms. The van der Waals surface area contributed by atoms with E-state index in [4.69, 9.17) is 32.7 Å². The molecule has 0 aromatic heterocycles. The molecule has 1 atom stereocenters. The highest BCUT2D eigenvalue weighted by atomic mass is 79.9. The number of halogens is 3. The second-order valence-electron chi connectivity index (χ2n) is 4.14. The molecule has 0 aliphatic heterocycles. The maximum absolute atomic E-state index is 6.16. The Morgan fingerprint density at radius 2 is 1.60 bits per heavy atom. The Morgan fingerprint density at radius 1 is 0.950 bits per heavy atom. The molecule has 0 amide bonds. The maximum Gasteiger partial charge on any atom is 0.137 e. The summed E-state index contributed by atoms with van der Waals surface area (Å²) in [5.41, 5.74) is 1.94. The summed E-state index contributed by atoms with van der Waals surface area (Å²) in [5, 5.41) is 1.22. The highest BCUT2D eigenvalue weighted by Crippen LogP contribution is 2.40. The van der Waals surface area contributed by atoms with Crippen LogP contribution in [0.3, 0.4) is 0 Å². The highest BCUT2D eigenvalue weighted by molar-refractivity contribution is 9.09. The smallest absolute Gasteiger partial charge is 0.137 e. The van der Waals surface area contributed by atoms with Crippen LogP contribution in [0.4, 0.5) is 0 Å². The van der Waals surface area contributed by atoms with E-state index in [-0.39, 0.29) is 4.83 Å². The molecule has 20 heavy (non-hydrogen) atoms. The first-order valence-corrected chi connectivity index (χ1v) is 7.55. The molecular formula is C15H13BrCl2O2. The summed E-state index contributed by atoms with van der Waals surface area (Å²) in [4.78, 5) is -0.0699. The van der Waals surface area contributed by atoms with E-state index in [1.54, 1.807) is 20.3 Å². The first-order valence-electron chi connectivity index (χ1n) is 5.87. The maximum atomic E-state index is 6.16. The number of methoxy groups -OCH3 is 2. The van der Waals surface area contributed by atoms with Crippen LogP contribution in [0.5, 0.6) is 11.5 Å². The van der Waals surface area contributed by atoms with Crippen molar-refractivity contribution in [2.75, 3.05) is 14.2 Å². The van der Waals surface area contributed by atoms with Crippen LogP contribution >= 0.6 is 39.1 Å². The predicted octanol–water partition coefficient (Wildman–Crippen LogP) is 5.49. The topological polar surface area (TPSA) is 18.5 Å². The van der Waals surface area contributed by atoms with Gasteiger partial charge in [0.05, 0.1) is 24.1 Å². The Balaban J connectivity index is 2.43. The quantitative estimate of drug-likeness (QED) is 0.657. The van der Waals surface area contributed by atoms with Crippen LogP contribution in [-0.4, -0.2) is 14.2 Å². The number of hydrogen-bond acceptors (Lipinski definition) is 2. The number of ether oxygens (including phenoxy) is 2. The molecule has 0 N–H and O–H groups in total. The van der Waals surface area contributed by atoms with Gasteiger partial charge in [0, 0.05) is 10.6 Å². The highest BCUT2D eigenvalue weighted by Gasteiger charge is 2.17. The van der Waals surface area contributed by atoms with Crippen LogP contribution in [0.15, 0.2) is 36.4 Å². The predicted molar refractivity (Wildman–Crippen MR) is 86.8 cm³/mol. The van der Waals surface area contributed by atoms with Crippen LogP contribution in [0.25, 0.3) is 0 Å². The van der Waals surface area contributed by atoms with Crippen molar-refractivity contribution < 1.29 is 9.47 Å². The van der Waals surface area contributed by atoms with E-state index in [9.17, 15) is 0 Å². The molecule has 2 aromatic carbocycles. The van der Waals surface area contributed by atoms with Crippen molar-refractivity contribution >= 4 is 39.1 Å². The van der Waals surface area contributed by atoms with E-state index in [0.29, 0.717) is 15.8 Å². The average Bonchev–Trinajstić information content (AvgIpc) is 2.46. The Labute approximate surface area is 136 Å². The zero-order chi connectivity index (χ0) is 14.7. The largest absolute Gasteiger partial charge is 0.496 e. The molecule has 0 saturated heterocycles. The second kappa shape index (κ2) is 6.70. The van der Waals surface area contributed by atoms with Gasteiger partial charge in [-0.25, -0.2) is 0 Å². The first-order chi connectivity index (χ1) is 9.56. The summed E-state index contributed by atoms with van der Waals surface area (Å²) >= 11 is 15.9. The van der Waals surface area contributed by atoms with Crippen molar-refractivity contribution in [1.82, 2.24) is 0 Å². The van der Waals surface area contributed by atoms with E-state index >= 15 is 0 Å². The van der Waals surface area contributed by atoms with Crippen molar-refractivity contribution in [2.24, 2.45) is 0 Å². The zero-order valence-electron chi connectivity index (χ0n) is 11.0. The fourth-order valence-electron chi connectivity index (χ4n) is 1.92.